The van der Waals surface area contributed by atoms with Crippen LogP contribution in [0, 0.1) is 28.9 Å². The Bertz CT molecular complexity index is 638. The number of methoxy groups -OCH3 is 1. The van der Waals surface area contributed by atoms with Gasteiger partial charge in [0, 0.05) is 26.0 Å². The maximum absolute atomic E-state index is 13.2. The molecule has 0 atom stereocenters. The molecule has 23 heavy (non-hydrogen) atoms. The van der Waals surface area contributed by atoms with Crippen molar-refractivity contribution in [2.75, 3.05) is 7.11 Å². The number of hydrogen-bond acceptors (Lipinski definition) is 4. The lowest BCUT2D eigenvalue weighted by Gasteiger charge is -2.41. The molecule has 0 unspecified atom stereocenters. The lowest BCUT2D eigenvalue weighted by atomic mass is 9.71. The number of benzene rings is 1. The zero-order valence-electron chi connectivity index (χ0n) is 12.7. The largest absolute Gasteiger partial charge is 0.462 e. The fourth-order valence-corrected chi connectivity index (χ4v) is 3.21. The quantitative estimate of drug-likeness (QED) is 0.800. The second-order valence-electron chi connectivity index (χ2n) is 6.35. The third-order valence-electron chi connectivity index (χ3n) is 4.81. The van der Waals surface area contributed by atoms with Crippen LogP contribution in [-0.4, -0.2) is 24.8 Å². The first-order valence-corrected chi connectivity index (χ1v) is 7.57. The van der Waals surface area contributed by atoms with Crippen LogP contribution in [-0.2, 0) is 14.3 Å². The Labute approximate surface area is 133 Å². The van der Waals surface area contributed by atoms with Crippen molar-refractivity contribution in [2.45, 2.75) is 43.3 Å². The van der Waals surface area contributed by atoms with Gasteiger partial charge in [-0.2, -0.15) is 5.26 Å². The predicted octanol–water partition coefficient (Wildman–Crippen LogP) is 3.07. The molecule has 1 aromatic carbocycles. The minimum absolute atomic E-state index is 0.0107. The molecule has 0 aromatic heterocycles. The molecule has 0 amide bonds. The second kappa shape index (κ2) is 5.89. The van der Waals surface area contributed by atoms with Crippen molar-refractivity contribution in [3.63, 3.8) is 0 Å². The van der Waals surface area contributed by atoms with Gasteiger partial charge in [0.15, 0.2) is 5.60 Å². The summed E-state index contributed by atoms with van der Waals surface area (Å²) >= 11 is 0. The van der Waals surface area contributed by atoms with E-state index in [9.17, 15) is 13.6 Å². The molecule has 122 valence electrons. The highest BCUT2D eigenvalue weighted by atomic mass is 19.1. The SMILES string of the molecule is COC1(C#N)CC(C(=O)OC2CC(c3cc(F)cc(F)c3)C2)C1. The number of hydrogen-bond donors (Lipinski definition) is 0. The molecule has 2 saturated carbocycles. The van der Waals surface area contributed by atoms with Gasteiger partial charge >= 0.3 is 5.97 Å². The second-order valence-corrected chi connectivity index (χ2v) is 6.35. The summed E-state index contributed by atoms with van der Waals surface area (Å²) in [4.78, 5) is 12.0. The summed E-state index contributed by atoms with van der Waals surface area (Å²) in [6, 6.07) is 5.54. The average Bonchev–Trinajstić information content (AvgIpc) is 2.41. The van der Waals surface area contributed by atoms with Crippen LogP contribution in [0.2, 0.25) is 0 Å². The van der Waals surface area contributed by atoms with E-state index >= 15 is 0 Å². The van der Waals surface area contributed by atoms with Crippen molar-refractivity contribution in [3.05, 3.63) is 35.4 Å². The van der Waals surface area contributed by atoms with E-state index in [1.54, 1.807) is 0 Å². The molecule has 2 fully saturated rings. The van der Waals surface area contributed by atoms with Gasteiger partial charge in [0.25, 0.3) is 0 Å². The Morgan fingerprint density at radius 1 is 1.26 bits per heavy atom. The summed E-state index contributed by atoms with van der Waals surface area (Å²) in [5.41, 5.74) is -0.258. The lowest BCUT2D eigenvalue weighted by Crippen LogP contribution is -2.49. The van der Waals surface area contributed by atoms with E-state index < -0.39 is 17.2 Å². The number of esters is 1. The van der Waals surface area contributed by atoms with Crippen LogP contribution in [0.4, 0.5) is 8.78 Å². The summed E-state index contributed by atoms with van der Waals surface area (Å²) in [5, 5.41) is 8.99. The van der Waals surface area contributed by atoms with Crippen LogP contribution >= 0.6 is 0 Å². The minimum Gasteiger partial charge on any atom is -0.462 e. The maximum Gasteiger partial charge on any atom is 0.309 e. The van der Waals surface area contributed by atoms with Gasteiger partial charge in [-0.05, 0) is 36.5 Å². The molecule has 1 aromatic rings. The summed E-state index contributed by atoms with van der Waals surface area (Å²) in [6.45, 7) is 0. The zero-order valence-corrected chi connectivity index (χ0v) is 12.7. The molecule has 6 heteroatoms. The number of ether oxygens (including phenoxy) is 2. The van der Waals surface area contributed by atoms with E-state index in [1.165, 1.54) is 19.2 Å². The number of carbonyl (C=O) groups is 1. The fraction of sp³-hybridized carbons (Fsp3) is 0.529. The third kappa shape index (κ3) is 3.06. The first-order chi connectivity index (χ1) is 10.9. The van der Waals surface area contributed by atoms with E-state index in [-0.39, 0.29) is 23.9 Å². The molecule has 0 radical (unpaired) electrons. The predicted molar refractivity (Wildman–Crippen MR) is 76.3 cm³/mol. The monoisotopic (exact) mass is 321 g/mol. The molecule has 4 nitrogen and oxygen atoms in total. The fourth-order valence-electron chi connectivity index (χ4n) is 3.21. The highest BCUT2D eigenvalue weighted by Gasteiger charge is 2.50. The van der Waals surface area contributed by atoms with Gasteiger partial charge in [-0.15, -0.1) is 0 Å². The summed E-state index contributed by atoms with van der Waals surface area (Å²) in [5.74, 6) is -1.80. The van der Waals surface area contributed by atoms with E-state index in [4.69, 9.17) is 14.7 Å². The Morgan fingerprint density at radius 3 is 2.39 bits per heavy atom. The average molecular weight is 321 g/mol. The van der Waals surface area contributed by atoms with Gasteiger partial charge in [0.05, 0.1) is 12.0 Å². The van der Waals surface area contributed by atoms with Gasteiger partial charge in [-0.1, -0.05) is 0 Å². The van der Waals surface area contributed by atoms with Crippen molar-refractivity contribution in [1.29, 1.82) is 5.26 Å². The number of halogens is 2. The van der Waals surface area contributed by atoms with E-state index in [2.05, 4.69) is 6.07 Å². The molecular formula is C17H17F2NO3. The van der Waals surface area contributed by atoms with Crippen LogP contribution in [0.5, 0.6) is 0 Å². The van der Waals surface area contributed by atoms with Crippen LogP contribution in [0.1, 0.15) is 37.2 Å². The first-order valence-electron chi connectivity index (χ1n) is 7.57. The van der Waals surface area contributed by atoms with E-state index in [0.29, 0.717) is 31.2 Å². The highest BCUT2D eigenvalue weighted by molar-refractivity contribution is 5.74. The van der Waals surface area contributed by atoms with E-state index in [1.807, 2.05) is 0 Å². The molecule has 0 N–H and O–H groups in total. The Hall–Kier alpha value is -2.00. The van der Waals surface area contributed by atoms with Crippen molar-refractivity contribution >= 4 is 5.97 Å². The lowest BCUT2D eigenvalue weighted by molar-refractivity contribution is -0.171. The standard InChI is InChI=1S/C17H17F2NO3/c1-22-17(9-20)7-12(8-17)16(21)23-15-4-11(5-15)10-2-13(18)6-14(19)3-10/h2-3,6,11-12,15H,4-5,7-8H2,1H3. The van der Waals surface area contributed by atoms with Gasteiger partial charge in [0.2, 0.25) is 0 Å². The number of carbonyl (C=O) groups excluding carboxylic acids is 1. The van der Waals surface area contributed by atoms with Crippen molar-refractivity contribution in [2.24, 2.45) is 5.92 Å². The number of rotatable bonds is 4. The van der Waals surface area contributed by atoms with E-state index in [0.717, 1.165) is 6.07 Å². The van der Waals surface area contributed by atoms with Crippen LogP contribution < -0.4 is 0 Å². The molecule has 0 heterocycles. The molecule has 0 bridgehead atoms. The molecule has 2 aliphatic rings. The molecule has 2 aliphatic carbocycles. The molecule has 0 saturated heterocycles. The first kappa shape index (κ1) is 15.9. The topological polar surface area (TPSA) is 59.3 Å². The van der Waals surface area contributed by atoms with Gasteiger partial charge in [-0.25, -0.2) is 8.78 Å². The summed E-state index contributed by atoms with van der Waals surface area (Å²) < 4.78 is 36.9. The summed E-state index contributed by atoms with van der Waals surface area (Å²) in [7, 11) is 1.46. The van der Waals surface area contributed by atoms with Crippen LogP contribution in [0.3, 0.4) is 0 Å². The molecule has 3 rings (SSSR count). The van der Waals surface area contributed by atoms with Gasteiger partial charge < -0.3 is 9.47 Å². The number of nitriles is 1. The van der Waals surface area contributed by atoms with Crippen LogP contribution in [0.25, 0.3) is 0 Å². The van der Waals surface area contributed by atoms with Gasteiger partial charge in [-0.3, -0.25) is 4.79 Å². The Kier molecular flexibility index (Phi) is 4.07. The van der Waals surface area contributed by atoms with Crippen molar-refractivity contribution in [1.82, 2.24) is 0 Å². The Balaban J connectivity index is 1.48. The molecule has 0 spiro atoms. The van der Waals surface area contributed by atoms with Crippen molar-refractivity contribution in [3.8, 4) is 6.07 Å². The maximum atomic E-state index is 13.2. The molecule has 0 aliphatic heterocycles. The van der Waals surface area contributed by atoms with Crippen LogP contribution in [0.15, 0.2) is 18.2 Å². The summed E-state index contributed by atoms with van der Waals surface area (Å²) in [6.07, 6.45) is 1.61. The number of nitrogens with zero attached hydrogens (tertiary/aromatic N) is 1. The van der Waals surface area contributed by atoms with Gasteiger partial charge in [0.1, 0.15) is 17.7 Å². The third-order valence-corrected chi connectivity index (χ3v) is 4.81. The van der Waals surface area contributed by atoms with Crippen molar-refractivity contribution < 1.29 is 23.0 Å². The highest BCUT2D eigenvalue weighted by Crippen LogP contribution is 2.43. The molecular weight excluding hydrogens is 304 g/mol. The zero-order chi connectivity index (χ0) is 16.6. The normalized spacial score (nSPS) is 32.3. The minimum atomic E-state index is -0.856. The smallest absolute Gasteiger partial charge is 0.309 e. The Morgan fingerprint density at radius 2 is 1.87 bits per heavy atom.